The smallest absolute Gasteiger partial charge is 0.125 e. The van der Waals surface area contributed by atoms with Gasteiger partial charge in [0.05, 0.1) is 7.11 Å². The summed E-state index contributed by atoms with van der Waals surface area (Å²) in [5.74, 6) is 1.55. The predicted octanol–water partition coefficient (Wildman–Crippen LogP) is 4.77. The van der Waals surface area contributed by atoms with Crippen LogP contribution in [0.4, 0.5) is 0 Å². The highest BCUT2D eigenvalue weighted by atomic mass is 16.5. The van der Waals surface area contributed by atoms with Crippen molar-refractivity contribution in [1.82, 2.24) is 0 Å². The summed E-state index contributed by atoms with van der Waals surface area (Å²) in [7, 11) is 1.76. The van der Waals surface area contributed by atoms with Gasteiger partial charge in [0.15, 0.2) is 0 Å². The quantitative estimate of drug-likeness (QED) is 0.664. The van der Waals surface area contributed by atoms with E-state index >= 15 is 0 Å². The Morgan fingerprint density at radius 2 is 1.94 bits per heavy atom. The van der Waals surface area contributed by atoms with Gasteiger partial charge in [-0.25, -0.2) is 0 Å². The second-order valence-electron chi connectivity index (χ2n) is 4.72. The molecule has 0 aromatic heterocycles. The van der Waals surface area contributed by atoms with E-state index in [1.807, 2.05) is 0 Å². The Bertz CT molecular complexity index is 391. The maximum atomic E-state index is 5.53. The fourth-order valence-electron chi connectivity index (χ4n) is 2.23. The zero-order valence-corrected chi connectivity index (χ0v) is 11.7. The highest BCUT2D eigenvalue weighted by molar-refractivity contribution is 5.45. The molecule has 1 heteroatoms. The van der Waals surface area contributed by atoms with E-state index in [-0.39, 0.29) is 0 Å². The number of rotatable bonds is 5. The van der Waals surface area contributed by atoms with Gasteiger partial charge in [-0.15, -0.1) is 0 Å². The normalized spacial score (nSPS) is 13.0. The monoisotopic (exact) mass is 232 g/mol. The van der Waals surface area contributed by atoms with Crippen molar-refractivity contribution >= 4 is 0 Å². The summed E-state index contributed by atoms with van der Waals surface area (Å²) in [6.45, 7) is 8.68. The molecule has 1 atom stereocenters. The molecule has 1 unspecified atom stereocenters. The first kappa shape index (κ1) is 13.8. The van der Waals surface area contributed by atoms with Crippen molar-refractivity contribution in [1.29, 1.82) is 0 Å². The number of methoxy groups -OCH3 is 1. The van der Waals surface area contributed by atoms with Crippen molar-refractivity contribution in [3.05, 3.63) is 41.0 Å². The molecular formula is C16H24O. The molecule has 0 heterocycles. The third-order valence-corrected chi connectivity index (χ3v) is 3.07. The molecule has 1 nitrogen and oxygen atoms in total. The van der Waals surface area contributed by atoms with Crippen LogP contribution in [0.3, 0.4) is 0 Å². The van der Waals surface area contributed by atoms with Crippen LogP contribution in [0.15, 0.2) is 24.3 Å². The number of hydrogen-bond acceptors (Lipinski definition) is 1. The summed E-state index contributed by atoms with van der Waals surface area (Å²) in [4.78, 5) is 0. The molecule has 0 aliphatic heterocycles. The zero-order chi connectivity index (χ0) is 12.8. The van der Waals surface area contributed by atoms with E-state index in [1.54, 1.807) is 7.11 Å². The zero-order valence-electron chi connectivity index (χ0n) is 11.7. The van der Waals surface area contributed by atoms with Gasteiger partial charge in [0, 0.05) is 0 Å². The molecule has 0 N–H and O–H groups in total. The molecule has 0 bridgehead atoms. The number of allylic oxidation sites excluding steroid dienone is 2. The molecule has 0 aliphatic rings. The first-order chi connectivity index (χ1) is 8.10. The van der Waals surface area contributed by atoms with Gasteiger partial charge < -0.3 is 4.74 Å². The lowest BCUT2D eigenvalue weighted by Gasteiger charge is -2.17. The maximum Gasteiger partial charge on any atom is 0.125 e. The predicted molar refractivity (Wildman–Crippen MR) is 74.9 cm³/mol. The Morgan fingerprint density at radius 1 is 1.24 bits per heavy atom. The lowest BCUT2D eigenvalue weighted by atomic mass is 9.93. The molecule has 0 amide bonds. The van der Waals surface area contributed by atoms with E-state index < -0.39 is 0 Å². The molecule has 0 fully saturated rings. The minimum absolute atomic E-state index is 0.506. The van der Waals surface area contributed by atoms with Crippen molar-refractivity contribution in [2.45, 2.75) is 46.5 Å². The van der Waals surface area contributed by atoms with Crippen LogP contribution >= 0.6 is 0 Å². The largest absolute Gasteiger partial charge is 0.496 e. The third-order valence-electron chi connectivity index (χ3n) is 3.07. The molecule has 0 radical (unpaired) electrons. The van der Waals surface area contributed by atoms with Crippen LogP contribution in [0.5, 0.6) is 5.75 Å². The fraction of sp³-hybridized carbons (Fsp3) is 0.500. The Hall–Kier alpha value is -1.24. The van der Waals surface area contributed by atoms with Crippen molar-refractivity contribution in [3.63, 3.8) is 0 Å². The molecule has 1 aromatic carbocycles. The van der Waals surface area contributed by atoms with Crippen LogP contribution < -0.4 is 4.74 Å². The van der Waals surface area contributed by atoms with Crippen LogP contribution in [-0.4, -0.2) is 7.11 Å². The number of ether oxygens (including phenoxy) is 1. The van der Waals surface area contributed by atoms with Crippen LogP contribution in [-0.2, 0) is 0 Å². The highest BCUT2D eigenvalue weighted by Gasteiger charge is 2.13. The molecule has 0 saturated carbocycles. The van der Waals surface area contributed by atoms with Crippen LogP contribution in [0.25, 0.3) is 0 Å². The van der Waals surface area contributed by atoms with Crippen LogP contribution in [0.2, 0.25) is 0 Å². The Kier molecular flexibility index (Phi) is 5.27. The first-order valence-electron chi connectivity index (χ1n) is 6.40. The van der Waals surface area contributed by atoms with Crippen molar-refractivity contribution < 1.29 is 4.74 Å². The van der Waals surface area contributed by atoms with E-state index in [9.17, 15) is 0 Å². The summed E-state index contributed by atoms with van der Waals surface area (Å²) >= 11 is 0. The lowest BCUT2D eigenvalue weighted by Crippen LogP contribution is -2.00. The standard InChI is InChI=1S/C16H24O/c1-6-7-8-9-13(3)15-11-12(2)10-14(4)16(15)17-5/h7-8,10-11,13H,6,9H2,1-5H3/b8-7-. The molecular weight excluding hydrogens is 208 g/mol. The molecule has 0 aliphatic carbocycles. The summed E-state index contributed by atoms with van der Waals surface area (Å²) in [5, 5.41) is 0. The highest BCUT2D eigenvalue weighted by Crippen LogP contribution is 2.33. The fourth-order valence-corrected chi connectivity index (χ4v) is 2.23. The topological polar surface area (TPSA) is 9.23 Å². The molecule has 0 saturated heterocycles. The summed E-state index contributed by atoms with van der Waals surface area (Å²) < 4.78 is 5.53. The van der Waals surface area contributed by atoms with Gasteiger partial charge in [0.1, 0.15) is 5.75 Å². The van der Waals surface area contributed by atoms with Gasteiger partial charge in [-0.3, -0.25) is 0 Å². The second kappa shape index (κ2) is 6.48. The molecule has 94 valence electrons. The Morgan fingerprint density at radius 3 is 2.53 bits per heavy atom. The minimum atomic E-state index is 0.506. The molecule has 17 heavy (non-hydrogen) atoms. The van der Waals surface area contributed by atoms with Crippen molar-refractivity contribution in [3.8, 4) is 5.75 Å². The summed E-state index contributed by atoms with van der Waals surface area (Å²) in [6, 6.07) is 4.42. The van der Waals surface area contributed by atoms with Crippen LogP contribution in [0.1, 0.15) is 49.3 Å². The van der Waals surface area contributed by atoms with Gasteiger partial charge in [-0.2, -0.15) is 0 Å². The SMILES string of the molecule is CC/C=C\CC(C)c1cc(C)cc(C)c1OC. The molecule has 1 aromatic rings. The number of benzene rings is 1. The van der Waals surface area contributed by atoms with E-state index in [0.29, 0.717) is 5.92 Å². The van der Waals surface area contributed by atoms with E-state index in [0.717, 1.165) is 18.6 Å². The van der Waals surface area contributed by atoms with Crippen molar-refractivity contribution in [2.75, 3.05) is 7.11 Å². The first-order valence-corrected chi connectivity index (χ1v) is 6.40. The lowest BCUT2D eigenvalue weighted by molar-refractivity contribution is 0.403. The van der Waals surface area contributed by atoms with Gasteiger partial charge >= 0.3 is 0 Å². The Balaban J connectivity index is 2.98. The average Bonchev–Trinajstić information content (AvgIpc) is 2.28. The number of aryl methyl sites for hydroxylation is 2. The molecule has 1 rings (SSSR count). The minimum Gasteiger partial charge on any atom is -0.496 e. The Labute approximate surface area is 106 Å². The van der Waals surface area contributed by atoms with Gasteiger partial charge in [0.2, 0.25) is 0 Å². The summed E-state index contributed by atoms with van der Waals surface area (Å²) in [6.07, 6.45) is 6.68. The van der Waals surface area contributed by atoms with Gasteiger partial charge in [-0.05, 0) is 43.7 Å². The third kappa shape index (κ3) is 3.62. The van der Waals surface area contributed by atoms with Gasteiger partial charge in [-0.1, -0.05) is 43.7 Å². The number of hydrogen-bond donors (Lipinski definition) is 0. The average molecular weight is 232 g/mol. The van der Waals surface area contributed by atoms with E-state index in [2.05, 4.69) is 52.0 Å². The summed E-state index contributed by atoms with van der Waals surface area (Å²) in [5.41, 5.74) is 3.86. The second-order valence-corrected chi connectivity index (χ2v) is 4.72. The van der Waals surface area contributed by atoms with Crippen molar-refractivity contribution in [2.24, 2.45) is 0 Å². The van der Waals surface area contributed by atoms with E-state index in [4.69, 9.17) is 4.74 Å². The van der Waals surface area contributed by atoms with Gasteiger partial charge in [0.25, 0.3) is 0 Å². The van der Waals surface area contributed by atoms with Crippen LogP contribution in [0, 0.1) is 13.8 Å². The maximum absolute atomic E-state index is 5.53. The van der Waals surface area contributed by atoms with E-state index in [1.165, 1.54) is 16.7 Å². The molecule has 0 spiro atoms.